The highest BCUT2D eigenvalue weighted by Crippen LogP contribution is 2.42. The van der Waals surface area contributed by atoms with Crippen LogP contribution in [0.25, 0.3) is 10.7 Å². The van der Waals surface area contributed by atoms with E-state index < -0.39 is 23.9 Å². The molecule has 0 aliphatic heterocycles. The van der Waals surface area contributed by atoms with Crippen molar-refractivity contribution >= 4 is 22.4 Å². The molecule has 1 saturated carbocycles. The van der Waals surface area contributed by atoms with E-state index in [0.29, 0.717) is 23.5 Å². The van der Waals surface area contributed by atoms with Crippen molar-refractivity contribution in [3.8, 4) is 10.7 Å². The lowest BCUT2D eigenvalue weighted by atomic mass is 9.78. The summed E-state index contributed by atoms with van der Waals surface area (Å²) in [6.07, 6.45) is -1.40. The number of hydrogen-bond acceptors (Lipinski definition) is 5. The van der Waals surface area contributed by atoms with Crippen LogP contribution in [-0.4, -0.2) is 27.3 Å². The number of pyridine rings is 1. The van der Waals surface area contributed by atoms with Gasteiger partial charge in [0.2, 0.25) is 11.0 Å². The minimum atomic E-state index is -4.36. The highest BCUT2D eigenvalue weighted by molar-refractivity contribution is 7.18. The summed E-state index contributed by atoms with van der Waals surface area (Å²) in [6.45, 7) is 0. The van der Waals surface area contributed by atoms with Gasteiger partial charge in [-0.1, -0.05) is 30.2 Å². The summed E-state index contributed by atoms with van der Waals surface area (Å²) in [4.78, 5) is 16.4. The summed E-state index contributed by atoms with van der Waals surface area (Å²) in [5, 5.41) is 10.9. The van der Waals surface area contributed by atoms with Crippen LogP contribution >= 0.6 is 11.3 Å². The fraction of sp³-hybridized carbons (Fsp3) is 0.467. The standard InChI is InChI=1S/C15H15F3N4OS/c16-15(17,18)10-6-2-1-5-9(10)12(23)20-14-22-21-13(24-14)11-7-3-4-8-19-11/h3-4,7-10H,1-2,5-6H2,(H,20,22,23)/t9-,10-/m1/s1. The molecule has 1 fully saturated rings. The zero-order valence-corrected chi connectivity index (χ0v) is 13.4. The fourth-order valence-electron chi connectivity index (χ4n) is 2.90. The molecule has 0 bridgehead atoms. The number of aromatic nitrogens is 3. The molecule has 1 N–H and O–H groups in total. The van der Waals surface area contributed by atoms with Gasteiger partial charge in [-0.2, -0.15) is 13.2 Å². The molecule has 1 aliphatic rings. The Labute approximate surface area is 140 Å². The van der Waals surface area contributed by atoms with Crippen LogP contribution in [0.1, 0.15) is 25.7 Å². The lowest BCUT2D eigenvalue weighted by molar-refractivity contribution is -0.197. The van der Waals surface area contributed by atoms with Crippen molar-refractivity contribution < 1.29 is 18.0 Å². The molecule has 0 spiro atoms. The minimum absolute atomic E-state index is 0.00308. The summed E-state index contributed by atoms with van der Waals surface area (Å²) in [5.74, 6) is -3.30. The van der Waals surface area contributed by atoms with Gasteiger partial charge in [0.1, 0.15) is 5.69 Å². The Morgan fingerprint density at radius 3 is 2.71 bits per heavy atom. The van der Waals surface area contributed by atoms with E-state index in [1.807, 2.05) is 0 Å². The Balaban J connectivity index is 1.71. The molecule has 2 atom stereocenters. The lowest BCUT2D eigenvalue weighted by Crippen LogP contribution is -2.39. The second-order valence-electron chi connectivity index (χ2n) is 5.66. The number of hydrogen-bond donors (Lipinski definition) is 1. The van der Waals surface area contributed by atoms with Crippen molar-refractivity contribution in [3.05, 3.63) is 24.4 Å². The Morgan fingerprint density at radius 2 is 2.00 bits per heavy atom. The van der Waals surface area contributed by atoms with E-state index in [2.05, 4.69) is 20.5 Å². The van der Waals surface area contributed by atoms with Crippen LogP contribution in [-0.2, 0) is 4.79 Å². The SMILES string of the molecule is O=C(Nc1nnc(-c2ccccn2)s1)[C@@H]1CCCC[C@H]1C(F)(F)F. The maximum Gasteiger partial charge on any atom is 0.392 e. The zero-order valence-electron chi connectivity index (χ0n) is 12.6. The summed E-state index contributed by atoms with van der Waals surface area (Å²) in [5.41, 5.74) is 0.598. The Morgan fingerprint density at radius 1 is 1.21 bits per heavy atom. The molecule has 0 radical (unpaired) electrons. The van der Waals surface area contributed by atoms with Gasteiger partial charge in [-0.15, -0.1) is 10.2 Å². The first-order chi connectivity index (χ1) is 11.4. The molecule has 1 aliphatic carbocycles. The van der Waals surface area contributed by atoms with Gasteiger partial charge in [0.05, 0.1) is 5.92 Å². The smallest absolute Gasteiger partial charge is 0.300 e. The third kappa shape index (κ3) is 3.72. The fourth-order valence-corrected chi connectivity index (χ4v) is 3.62. The van der Waals surface area contributed by atoms with Gasteiger partial charge in [0, 0.05) is 12.1 Å². The number of halogens is 3. The summed E-state index contributed by atoms with van der Waals surface area (Å²) >= 11 is 1.09. The third-order valence-corrected chi connectivity index (χ3v) is 4.92. The number of amides is 1. The first-order valence-electron chi connectivity index (χ1n) is 7.57. The van der Waals surface area contributed by atoms with Gasteiger partial charge in [0.25, 0.3) is 0 Å². The number of carbonyl (C=O) groups is 1. The molecular weight excluding hydrogens is 341 g/mol. The Hall–Kier alpha value is -2.03. The molecule has 0 saturated heterocycles. The van der Waals surface area contributed by atoms with E-state index in [-0.39, 0.29) is 18.0 Å². The highest BCUT2D eigenvalue weighted by atomic mass is 32.1. The predicted molar refractivity (Wildman–Crippen MR) is 83.3 cm³/mol. The molecule has 0 aromatic carbocycles. The Kier molecular flexibility index (Phi) is 4.79. The predicted octanol–water partition coefficient (Wildman–Crippen LogP) is 3.91. The largest absolute Gasteiger partial charge is 0.392 e. The van der Waals surface area contributed by atoms with Crippen molar-refractivity contribution in [2.45, 2.75) is 31.9 Å². The number of rotatable bonds is 3. The average Bonchev–Trinajstić information content (AvgIpc) is 3.03. The first-order valence-corrected chi connectivity index (χ1v) is 8.39. The van der Waals surface area contributed by atoms with Crippen molar-refractivity contribution in [3.63, 3.8) is 0 Å². The highest BCUT2D eigenvalue weighted by Gasteiger charge is 2.48. The van der Waals surface area contributed by atoms with Crippen LogP contribution in [0, 0.1) is 11.8 Å². The molecule has 1 amide bonds. The van der Waals surface area contributed by atoms with Crippen molar-refractivity contribution in [1.29, 1.82) is 0 Å². The van der Waals surface area contributed by atoms with Crippen LogP contribution in [0.2, 0.25) is 0 Å². The molecule has 2 heterocycles. The summed E-state index contributed by atoms with van der Waals surface area (Å²) in [7, 11) is 0. The summed E-state index contributed by atoms with van der Waals surface area (Å²) in [6, 6.07) is 5.29. The second-order valence-corrected chi connectivity index (χ2v) is 6.63. The van der Waals surface area contributed by atoms with Crippen molar-refractivity contribution in [2.24, 2.45) is 11.8 Å². The second kappa shape index (κ2) is 6.84. The first kappa shape index (κ1) is 16.8. The Bertz CT molecular complexity index is 704. The minimum Gasteiger partial charge on any atom is -0.300 e. The molecule has 0 unspecified atom stereocenters. The van der Waals surface area contributed by atoms with Gasteiger partial charge in [-0.3, -0.25) is 9.78 Å². The van der Waals surface area contributed by atoms with Gasteiger partial charge >= 0.3 is 6.18 Å². The maximum absolute atomic E-state index is 13.1. The van der Waals surface area contributed by atoms with Crippen LogP contribution in [0.3, 0.4) is 0 Å². The third-order valence-electron chi connectivity index (χ3n) is 4.06. The van der Waals surface area contributed by atoms with E-state index in [4.69, 9.17) is 0 Å². The number of nitrogens with zero attached hydrogens (tertiary/aromatic N) is 3. The van der Waals surface area contributed by atoms with Gasteiger partial charge in [-0.05, 0) is 25.0 Å². The molecule has 5 nitrogen and oxygen atoms in total. The van der Waals surface area contributed by atoms with Crippen LogP contribution in [0.4, 0.5) is 18.3 Å². The van der Waals surface area contributed by atoms with Crippen LogP contribution < -0.4 is 5.32 Å². The molecule has 2 aromatic heterocycles. The lowest BCUT2D eigenvalue weighted by Gasteiger charge is -2.31. The number of anilines is 1. The van der Waals surface area contributed by atoms with Crippen LogP contribution in [0.15, 0.2) is 24.4 Å². The average molecular weight is 356 g/mol. The topological polar surface area (TPSA) is 67.8 Å². The monoisotopic (exact) mass is 356 g/mol. The van der Waals surface area contributed by atoms with Crippen molar-refractivity contribution in [2.75, 3.05) is 5.32 Å². The molecule has 24 heavy (non-hydrogen) atoms. The van der Waals surface area contributed by atoms with E-state index in [9.17, 15) is 18.0 Å². The molecule has 9 heteroatoms. The van der Waals surface area contributed by atoms with Gasteiger partial charge in [0.15, 0.2) is 5.01 Å². The van der Waals surface area contributed by atoms with Crippen LogP contribution in [0.5, 0.6) is 0 Å². The van der Waals surface area contributed by atoms with E-state index in [1.165, 1.54) is 0 Å². The normalized spacial score (nSPS) is 21.5. The molecule has 3 rings (SSSR count). The molecular formula is C15H15F3N4OS. The number of nitrogens with one attached hydrogen (secondary N) is 1. The van der Waals surface area contributed by atoms with E-state index in [0.717, 1.165) is 11.3 Å². The molecule has 128 valence electrons. The number of carbonyl (C=O) groups excluding carboxylic acids is 1. The van der Waals surface area contributed by atoms with E-state index >= 15 is 0 Å². The van der Waals surface area contributed by atoms with Gasteiger partial charge < -0.3 is 5.32 Å². The molecule has 2 aromatic rings. The maximum atomic E-state index is 13.1. The van der Waals surface area contributed by atoms with E-state index in [1.54, 1.807) is 24.4 Å². The number of alkyl halides is 3. The quantitative estimate of drug-likeness (QED) is 0.905. The summed E-state index contributed by atoms with van der Waals surface area (Å²) < 4.78 is 39.3. The van der Waals surface area contributed by atoms with Gasteiger partial charge in [-0.25, -0.2) is 0 Å². The zero-order chi connectivity index (χ0) is 17.2. The van der Waals surface area contributed by atoms with Crippen molar-refractivity contribution in [1.82, 2.24) is 15.2 Å².